The maximum Gasteiger partial charge on any atom is 0.142 e. The van der Waals surface area contributed by atoms with Gasteiger partial charge in [0.15, 0.2) is 0 Å². The molecule has 1 aliphatic rings. The van der Waals surface area contributed by atoms with Gasteiger partial charge in [-0.15, -0.1) is 12.4 Å². The van der Waals surface area contributed by atoms with E-state index < -0.39 is 0 Å². The Balaban J connectivity index is 0.00000147. The summed E-state index contributed by atoms with van der Waals surface area (Å²) in [6.07, 6.45) is 6.29. The maximum atomic E-state index is 9.36. The van der Waals surface area contributed by atoms with Crippen molar-refractivity contribution in [2.24, 2.45) is 5.73 Å². The Hall–Kier alpha value is -1.90. The van der Waals surface area contributed by atoms with Gasteiger partial charge in [-0.25, -0.2) is 0 Å². The largest absolute Gasteiger partial charge is 0.330 e. The van der Waals surface area contributed by atoms with Crippen LogP contribution in [0.1, 0.15) is 23.2 Å². The molecule has 20 heavy (non-hydrogen) atoms. The van der Waals surface area contributed by atoms with Crippen LogP contribution in [0.5, 0.6) is 0 Å². The lowest BCUT2D eigenvalue weighted by Crippen LogP contribution is -2.08. The lowest BCUT2D eigenvalue weighted by atomic mass is 9.90. The molecule has 0 unspecified atom stereocenters. The summed E-state index contributed by atoms with van der Waals surface area (Å²) < 4.78 is 1.80. The molecule has 0 saturated carbocycles. The van der Waals surface area contributed by atoms with Crippen molar-refractivity contribution >= 4 is 12.4 Å². The molecule has 0 aromatic carbocycles. The Labute approximate surface area is 123 Å². The van der Waals surface area contributed by atoms with Crippen LogP contribution in [0.15, 0.2) is 18.5 Å². The highest BCUT2D eigenvalue weighted by Gasteiger charge is 2.24. The van der Waals surface area contributed by atoms with Gasteiger partial charge in [0.05, 0.1) is 5.69 Å². The summed E-state index contributed by atoms with van der Waals surface area (Å²) in [5, 5.41) is 14.0. The summed E-state index contributed by atoms with van der Waals surface area (Å²) in [6.45, 7) is 1.31. The van der Waals surface area contributed by atoms with Crippen molar-refractivity contribution in [1.82, 2.24) is 14.8 Å². The number of fused-ring (bicyclic) bond motifs is 3. The van der Waals surface area contributed by atoms with Crippen LogP contribution in [-0.4, -0.2) is 21.3 Å². The number of aromatic nitrogens is 3. The van der Waals surface area contributed by atoms with Crippen molar-refractivity contribution in [3.8, 4) is 17.3 Å². The Bertz CT molecular complexity index is 656. The van der Waals surface area contributed by atoms with Gasteiger partial charge in [0.25, 0.3) is 0 Å². The van der Waals surface area contributed by atoms with E-state index in [2.05, 4.69) is 16.2 Å². The molecule has 2 aromatic heterocycles. The first-order valence-corrected chi connectivity index (χ1v) is 6.48. The monoisotopic (exact) mass is 289 g/mol. The fraction of sp³-hybridized carbons (Fsp3) is 0.357. The molecule has 0 saturated heterocycles. The van der Waals surface area contributed by atoms with Crippen LogP contribution in [-0.2, 0) is 19.4 Å². The summed E-state index contributed by atoms with van der Waals surface area (Å²) in [5.41, 5.74) is 10.6. The van der Waals surface area contributed by atoms with Crippen LogP contribution in [0.2, 0.25) is 0 Å². The molecule has 2 heterocycles. The standard InChI is InChI=1S/C14H15N5.ClH/c15-5-1-7-19-13(8-16)12-3-2-10-9-17-6-4-11(10)14(12)18-19;/h4,6,9H,1-3,5,7,15H2;1H. The smallest absolute Gasteiger partial charge is 0.142 e. The summed E-state index contributed by atoms with van der Waals surface area (Å²) in [6, 6.07) is 4.27. The predicted molar refractivity (Wildman–Crippen MR) is 78.5 cm³/mol. The second-order valence-electron chi connectivity index (χ2n) is 4.69. The minimum absolute atomic E-state index is 0. The normalized spacial score (nSPS) is 12.0. The summed E-state index contributed by atoms with van der Waals surface area (Å²) in [4.78, 5) is 4.15. The zero-order valence-corrected chi connectivity index (χ0v) is 11.9. The Morgan fingerprint density at radius 2 is 2.25 bits per heavy atom. The number of nitriles is 1. The molecule has 0 aliphatic heterocycles. The molecule has 0 amide bonds. The molecule has 0 atom stereocenters. The number of hydrogen-bond acceptors (Lipinski definition) is 4. The topological polar surface area (TPSA) is 80.5 Å². The predicted octanol–water partition coefficient (Wildman–Crippen LogP) is 1.69. The molecule has 5 nitrogen and oxygen atoms in total. The van der Waals surface area contributed by atoms with Gasteiger partial charge in [-0.1, -0.05) is 0 Å². The van der Waals surface area contributed by atoms with Crippen LogP contribution >= 0.6 is 12.4 Å². The second-order valence-corrected chi connectivity index (χ2v) is 4.69. The Morgan fingerprint density at radius 3 is 3.00 bits per heavy atom. The summed E-state index contributed by atoms with van der Waals surface area (Å²) >= 11 is 0. The molecular weight excluding hydrogens is 274 g/mol. The molecule has 3 rings (SSSR count). The van der Waals surface area contributed by atoms with Gasteiger partial charge in [0.1, 0.15) is 11.8 Å². The van der Waals surface area contributed by atoms with Gasteiger partial charge in [0.2, 0.25) is 0 Å². The number of rotatable bonds is 3. The third kappa shape index (κ3) is 2.28. The highest BCUT2D eigenvalue weighted by molar-refractivity contribution is 5.85. The highest BCUT2D eigenvalue weighted by Crippen LogP contribution is 2.33. The van der Waals surface area contributed by atoms with Gasteiger partial charge < -0.3 is 5.73 Å². The van der Waals surface area contributed by atoms with Gasteiger partial charge in [-0.2, -0.15) is 10.4 Å². The average molecular weight is 290 g/mol. The van der Waals surface area contributed by atoms with E-state index in [4.69, 9.17) is 5.73 Å². The van der Waals surface area contributed by atoms with Crippen LogP contribution < -0.4 is 5.73 Å². The number of aryl methyl sites for hydroxylation is 2. The molecule has 0 spiro atoms. The number of nitrogens with zero attached hydrogens (tertiary/aromatic N) is 4. The third-order valence-electron chi connectivity index (χ3n) is 3.53. The second kappa shape index (κ2) is 6.04. The third-order valence-corrected chi connectivity index (χ3v) is 3.53. The van der Waals surface area contributed by atoms with Crippen molar-refractivity contribution < 1.29 is 0 Å². The zero-order chi connectivity index (χ0) is 13.2. The fourth-order valence-corrected chi connectivity index (χ4v) is 2.60. The molecule has 0 radical (unpaired) electrons. The Morgan fingerprint density at radius 1 is 1.40 bits per heavy atom. The van der Waals surface area contributed by atoms with Crippen LogP contribution in [0.25, 0.3) is 11.3 Å². The molecule has 1 aliphatic carbocycles. The van der Waals surface area contributed by atoms with Crippen molar-refractivity contribution in [2.75, 3.05) is 6.54 Å². The van der Waals surface area contributed by atoms with E-state index in [-0.39, 0.29) is 12.4 Å². The van der Waals surface area contributed by atoms with E-state index in [1.165, 1.54) is 5.56 Å². The molecule has 104 valence electrons. The number of hydrogen-bond donors (Lipinski definition) is 1. The SMILES string of the molecule is Cl.N#Cc1c2c(nn1CCCN)-c1ccncc1CC2. The van der Waals surface area contributed by atoms with Gasteiger partial charge in [-0.05, 0) is 37.4 Å². The lowest BCUT2D eigenvalue weighted by molar-refractivity contribution is 0.580. The minimum Gasteiger partial charge on any atom is -0.330 e. The van der Waals surface area contributed by atoms with Crippen molar-refractivity contribution in [3.05, 3.63) is 35.3 Å². The summed E-state index contributed by atoms with van der Waals surface area (Å²) in [7, 11) is 0. The molecule has 2 N–H and O–H groups in total. The van der Waals surface area contributed by atoms with Gasteiger partial charge >= 0.3 is 0 Å². The molecular formula is C14H16ClN5. The first kappa shape index (κ1) is 14.5. The molecule has 0 bridgehead atoms. The van der Waals surface area contributed by atoms with E-state index in [1.54, 1.807) is 10.9 Å². The van der Waals surface area contributed by atoms with E-state index in [1.807, 2.05) is 12.3 Å². The van der Waals surface area contributed by atoms with E-state index in [0.29, 0.717) is 18.8 Å². The first-order chi connectivity index (χ1) is 9.35. The van der Waals surface area contributed by atoms with Crippen LogP contribution in [0, 0.1) is 11.3 Å². The average Bonchev–Trinajstić information content (AvgIpc) is 2.82. The maximum absolute atomic E-state index is 9.36. The van der Waals surface area contributed by atoms with E-state index in [9.17, 15) is 5.26 Å². The van der Waals surface area contributed by atoms with Gasteiger partial charge in [0, 0.05) is 30.1 Å². The molecule has 0 fully saturated rings. The first-order valence-electron chi connectivity index (χ1n) is 6.48. The van der Waals surface area contributed by atoms with E-state index >= 15 is 0 Å². The number of halogens is 1. The Kier molecular flexibility index (Phi) is 4.38. The molecule has 6 heteroatoms. The number of pyridine rings is 1. The zero-order valence-electron chi connectivity index (χ0n) is 11.0. The quantitative estimate of drug-likeness (QED) is 0.932. The van der Waals surface area contributed by atoms with Crippen molar-refractivity contribution in [3.63, 3.8) is 0 Å². The van der Waals surface area contributed by atoms with Gasteiger partial charge in [-0.3, -0.25) is 9.67 Å². The van der Waals surface area contributed by atoms with Crippen molar-refractivity contribution in [2.45, 2.75) is 25.8 Å². The van der Waals surface area contributed by atoms with Crippen LogP contribution in [0.4, 0.5) is 0 Å². The van der Waals surface area contributed by atoms with E-state index in [0.717, 1.165) is 36.1 Å². The summed E-state index contributed by atoms with van der Waals surface area (Å²) in [5.74, 6) is 0. The highest BCUT2D eigenvalue weighted by atomic mass is 35.5. The van der Waals surface area contributed by atoms with Crippen molar-refractivity contribution in [1.29, 1.82) is 5.26 Å². The van der Waals surface area contributed by atoms with Crippen LogP contribution in [0.3, 0.4) is 0 Å². The lowest BCUT2D eigenvalue weighted by Gasteiger charge is -2.13. The number of nitrogens with two attached hydrogens (primary N) is 1. The minimum atomic E-state index is 0. The molecule has 2 aromatic rings. The fourth-order valence-electron chi connectivity index (χ4n) is 2.60.